The maximum atomic E-state index is 13.3. The van der Waals surface area contributed by atoms with Crippen LogP contribution in [0, 0.1) is 31.0 Å². The minimum absolute atomic E-state index is 0.00432. The highest BCUT2D eigenvalue weighted by molar-refractivity contribution is 5.65. The zero-order valence-electron chi connectivity index (χ0n) is 12.2. The highest BCUT2D eigenvalue weighted by Crippen LogP contribution is 2.24. The van der Waals surface area contributed by atoms with Gasteiger partial charge in [-0.25, -0.2) is 14.4 Å². The summed E-state index contributed by atoms with van der Waals surface area (Å²) in [5.41, 5.74) is 1.47. The lowest BCUT2D eigenvalue weighted by atomic mass is 10.2. The van der Waals surface area contributed by atoms with Crippen molar-refractivity contribution in [3.63, 3.8) is 0 Å². The van der Waals surface area contributed by atoms with Crippen LogP contribution in [0.1, 0.15) is 23.9 Å². The molecule has 6 heteroatoms. The fraction of sp³-hybridized carbons (Fsp3) is 0.267. The number of anilines is 3. The Labute approximate surface area is 122 Å². The average Bonchev–Trinajstić information content (AvgIpc) is 2.46. The molecule has 0 amide bonds. The topological polar surface area (TPSA) is 73.6 Å². The second kappa shape index (κ2) is 6.18. The lowest BCUT2D eigenvalue weighted by Crippen LogP contribution is -2.07. The molecule has 1 heterocycles. The molecule has 0 radical (unpaired) electrons. The Morgan fingerprint density at radius 2 is 1.95 bits per heavy atom. The quantitative estimate of drug-likeness (QED) is 0.901. The predicted octanol–water partition coefficient (Wildman–Crippen LogP) is 3.28. The number of rotatable bonds is 4. The molecular formula is C15H16FN5. The van der Waals surface area contributed by atoms with Gasteiger partial charge < -0.3 is 10.6 Å². The Hall–Kier alpha value is -2.68. The van der Waals surface area contributed by atoms with E-state index in [9.17, 15) is 4.39 Å². The molecule has 0 saturated heterocycles. The Morgan fingerprint density at radius 1 is 1.24 bits per heavy atom. The van der Waals surface area contributed by atoms with Gasteiger partial charge in [0.05, 0.1) is 5.56 Å². The zero-order chi connectivity index (χ0) is 15.4. The SMILES string of the molecule is CCNc1nc(C)nc(Nc2ccc(F)c(C#N)c2)c1C. The summed E-state index contributed by atoms with van der Waals surface area (Å²) in [5, 5.41) is 15.1. The lowest BCUT2D eigenvalue weighted by molar-refractivity contribution is 0.624. The van der Waals surface area contributed by atoms with Gasteiger partial charge in [-0.05, 0) is 39.0 Å². The highest BCUT2D eigenvalue weighted by atomic mass is 19.1. The van der Waals surface area contributed by atoms with Gasteiger partial charge in [-0.3, -0.25) is 0 Å². The minimum Gasteiger partial charge on any atom is -0.370 e. The number of nitrogens with one attached hydrogen (secondary N) is 2. The Kier molecular flexibility index (Phi) is 4.33. The predicted molar refractivity (Wildman–Crippen MR) is 80.1 cm³/mol. The number of aromatic nitrogens is 2. The van der Waals surface area contributed by atoms with Crippen molar-refractivity contribution >= 4 is 17.3 Å². The smallest absolute Gasteiger partial charge is 0.141 e. The van der Waals surface area contributed by atoms with Gasteiger partial charge in [-0.2, -0.15) is 5.26 Å². The van der Waals surface area contributed by atoms with E-state index in [0.29, 0.717) is 17.3 Å². The summed E-state index contributed by atoms with van der Waals surface area (Å²) < 4.78 is 13.3. The molecule has 0 aliphatic rings. The molecule has 0 fully saturated rings. The van der Waals surface area contributed by atoms with Gasteiger partial charge in [0, 0.05) is 17.8 Å². The van der Waals surface area contributed by atoms with Gasteiger partial charge in [0.25, 0.3) is 0 Å². The molecular weight excluding hydrogens is 269 g/mol. The number of hydrogen-bond donors (Lipinski definition) is 2. The van der Waals surface area contributed by atoms with Gasteiger partial charge in [-0.15, -0.1) is 0 Å². The number of halogens is 1. The van der Waals surface area contributed by atoms with E-state index in [2.05, 4.69) is 20.6 Å². The van der Waals surface area contributed by atoms with Crippen molar-refractivity contribution in [2.75, 3.05) is 17.2 Å². The minimum atomic E-state index is -0.535. The van der Waals surface area contributed by atoms with E-state index in [1.54, 1.807) is 13.0 Å². The van der Waals surface area contributed by atoms with Crippen LogP contribution in [0.15, 0.2) is 18.2 Å². The highest BCUT2D eigenvalue weighted by Gasteiger charge is 2.10. The summed E-state index contributed by atoms with van der Waals surface area (Å²) in [4.78, 5) is 8.69. The lowest BCUT2D eigenvalue weighted by Gasteiger charge is -2.13. The molecule has 0 spiro atoms. The molecule has 0 aliphatic heterocycles. The third-order valence-electron chi connectivity index (χ3n) is 2.95. The van der Waals surface area contributed by atoms with Crippen molar-refractivity contribution < 1.29 is 4.39 Å². The standard InChI is InChI=1S/C15H16FN5/c1-4-18-14-9(2)15(20-10(3)19-14)21-12-5-6-13(16)11(7-12)8-17/h5-7H,4H2,1-3H3,(H2,18,19,20,21). The van der Waals surface area contributed by atoms with Crippen LogP contribution in [0.3, 0.4) is 0 Å². The number of nitrogens with zero attached hydrogens (tertiary/aromatic N) is 3. The van der Waals surface area contributed by atoms with Gasteiger partial charge in [0.15, 0.2) is 0 Å². The van der Waals surface area contributed by atoms with Crippen molar-refractivity contribution in [2.24, 2.45) is 0 Å². The molecule has 0 aliphatic carbocycles. The zero-order valence-corrected chi connectivity index (χ0v) is 12.2. The first-order valence-electron chi connectivity index (χ1n) is 6.61. The van der Waals surface area contributed by atoms with Crippen LogP contribution in [0.2, 0.25) is 0 Å². The average molecular weight is 285 g/mol. The Bertz CT molecular complexity index is 706. The molecule has 0 unspecified atom stereocenters. The van der Waals surface area contributed by atoms with E-state index in [-0.39, 0.29) is 5.56 Å². The first kappa shape index (κ1) is 14.7. The number of benzene rings is 1. The van der Waals surface area contributed by atoms with Crippen LogP contribution < -0.4 is 10.6 Å². The van der Waals surface area contributed by atoms with E-state index in [1.165, 1.54) is 12.1 Å². The molecule has 1 aromatic carbocycles. The van der Waals surface area contributed by atoms with Crippen LogP contribution in [0.4, 0.5) is 21.7 Å². The van der Waals surface area contributed by atoms with Crippen LogP contribution in [-0.2, 0) is 0 Å². The van der Waals surface area contributed by atoms with E-state index < -0.39 is 5.82 Å². The molecule has 1 aromatic heterocycles. The van der Waals surface area contributed by atoms with E-state index >= 15 is 0 Å². The second-order valence-corrected chi connectivity index (χ2v) is 4.55. The molecule has 108 valence electrons. The van der Waals surface area contributed by atoms with Crippen molar-refractivity contribution in [1.29, 1.82) is 5.26 Å². The van der Waals surface area contributed by atoms with Crippen LogP contribution in [-0.4, -0.2) is 16.5 Å². The van der Waals surface area contributed by atoms with E-state index in [4.69, 9.17) is 5.26 Å². The molecule has 0 atom stereocenters. The Balaban J connectivity index is 2.38. The molecule has 2 aromatic rings. The van der Waals surface area contributed by atoms with Crippen LogP contribution >= 0.6 is 0 Å². The van der Waals surface area contributed by atoms with Gasteiger partial charge in [0.2, 0.25) is 0 Å². The fourth-order valence-corrected chi connectivity index (χ4v) is 1.92. The Morgan fingerprint density at radius 3 is 2.62 bits per heavy atom. The molecule has 0 bridgehead atoms. The van der Waals surface area contributed by atoms with Crippen molar-refractivity contribution in [3.8, 4) is 6.07 Å². The number of nitriles is 1. The van der Waals surface area contributed by atoms with Crippen molar-refractivity contribution in [2.45, 2.75) is 20.8 Å². The molecule has 0 saturated carbocycles. The summed E-state index contributed by atoms with van der Waals surface area (Å²) in [6.07, 6.45) is 0. The maximum absolute atomic E-state index is 13.3. The molecule has 2 rings (SSSR count). The third-order valence-corrected chi connectivity index (χ3v) is 2.95. The van der Waals surface area contributed by atoms with Crippen LogP contribution in [0.5, 0.6) is 0 Å². The monoisotopic (exact) mass is 285 g/mol. The summed E-state index contributed by atoms with van der Waals surface area (Å²) >= 11 is 0. The summed E-state index contributed by atoms with van der Waals surface area (Å²) in [6.45, 7) is 6.44. The van der Waals surface area contributed by atoms with E-state index in [0.717, 1.165) is 17.9 Å². The summed E-state index contributed by atoms with van der Waals surface area (Å²) in [6, 6.07) is 6.11. The van der Waals surface area contributed by atoms with Crippen molar-refractivity contribution in [1.82, 2.24) is 9.97 Å². The van der Waals surface area contributed by atoms with Gasteiger partial charge in [0.1, 0.15) is 29.3 Å². The molecule has 5 nitrogen and oxygen atoms in total. The molecule has 2 N–H and O–H groups in total. The van der Waals surface area contributed by atoms with E-state index in [1.807, 2.05) is 19.9 Å². The molecule has 21 heavy (non-hydrogen) atoms. The van der Waals surface area contributed by atoms with Gasteiger partial charge in [-0.1, -0.05) is 0 Å². The van der Waals surface area contributed by atoms with Gasteiger partial charge >= 0.3 is 0 Å². The number of hydrogen-bond acceptors (Lipinski definition) is 5. The first-order chi connectivity index (χ1) is 10.0. The number of aryl methyl sites for hydroxylation is 1. The largest absolute Gasteiger partial charge is 0.370 e. The fourth-order valence-electron chi connectivity index (χ4n) is 1.92. The van der Waals surface area contributed by atoms with Crippen LogP contribution in [0.25, 0.3) is 0 Å². The normalized spacial score (nSPS) is 10.0. The van der Waals surface area contributed by atoms with Crippen molar-refractivity contribution in [3.05, 3.63) is 41.0 Å². The second-order valence-electron chi connectivity index (χ2n) is 4.55. The summed E-state index contributed by atoms with van der Waals surface area (Å²) in [7, 11) is 0. The summed E-state index contributed by atoms with van der Waals surface area (Å²) in [5.74, 6) is 1.48. The first-order valence-corrected chi connectivity index (χ1v) is 6.61. The third kappa shape index (κ3) is 3.26. The maximum Gasteiger partial charge on any atom is 0.141 e.